The highest BCUT2D eigenvalue weighted by Gasteiger charge is 2.05. The van der Waals surface area contributed by atoms with Crippen molar-refractivity contribution in [2.24, 2.45) is 0 Å². The van der Waals surface area contributed by atoms with E-state index in [9.17, 15) is 0 Å². The maximum atomic E-state index is 5.76. The summed E-state index contributed by atoms with van der Waals surface area (Å²) in [5.74, 6) is 0.786. The molecule has 0 aliphatic carbocycles. The highest BCUT2D eigenvalue weighted by Crippen LogP contribution is 2.14. The smallest absolute Gasteiger partial charge is 0.163 e. The third-order valence-electron chi connectivity index (χ3n) is 1.95. The van der Waals surface area contributed by atoms with Crippen LogP contribution in [-0.2, 0) is 6.42 Å². The van der Waals surface area contributed by atoms with E-state index in [1.807, 2.05) is 23.8 Å². The minimum Gasteiger partial charge on any atom is -0.289 e. The van der Waals surface area contributed by atoms with Gasteiger partial charge in [0.15, 0.2) is 11.0 Å². The second-order valence-electron chi connectivity index (χ2n) is 2.84. The number of hydrogen-bond acceptors (Lipinski definition) is 3. The van der Waals surface area contributed by atoms with Gasteiger partial charge < -0.3 is 0 Å². The van der Waals surface area contributed by atoms with Crippen LogP contribution in [0.1, 0.15) is 12.5 Å². The number of nitrogens with zero attached hydrogens (tertiary/aromatic N) is 4. The molecule has 4 nitrogen and oxygen atoms in total. The molecule has 5 heteroatoms. The van der Waals surface area contributed by atoms with Crippen LogP contribution in [0.15, 0.2) is 24.8 Å². The molecule has 0 saturated heterocycles. The fourth-order valence-corrected chi connectivity index (χ4v) is 1.43. The van der Waals surface area contributed by atoms with Crippen LogP contribution in [0.5, 0.6) is 0 Å². The van der Waals surface area contributed by atoms with Crippen LogP contribution >= 0.6 is 11.6 Å². The Balaban J connectivity index is 2.53. The first-order valence-corrected chi connectivity index (χ1v) is 4.69. The van der Waals surface area contributed by atoms with Crippen molar-refractivity contribution in [3.05, 3.63) is 35.5 Å². The van der Waals surface area contributed by atoms with Gasteiger partial charge >= 0.3 is 0 Å². The lowest BCUT2D eigenvalue weighted by atomic mass is 10.2. The summed E-state index contributed by atoms with van der Waals surface area (Å²) in [5.41, 5.74) is 1.06. The SMILES string of the molecule is CCc1cc(Cl)nnc1-n1ccnc1. The van der Waals surface area contributed by atoms with Crippen molar-refractivity contribution < 1.29 is 0 Å². The maximum Gasteiger partial charge on any atom is 0.163 e. The van der Waals surface area contributed by atoms with Gasteiger partial charge in [-0.1, -0.05) is 18.5 Å². The Kier molecular flexibility index (Phi) is 2.45. The van der Waals surface area contributed by atoms with E-state index in [1.54, 1.807) is 12.5 Å². The summed E-state index contributed by atoms with van der Waals surface area (Å²) < 4.78 is 1.82. The zero-order valence-electron chi connectivity index (χ0n) is 7.68. The summed E-state index contributed by atoms with van der Waals surface area (Å²) in [5, 5.41) is 8.27. The van der Waals surface area contributed by atoms with Crippen LogP contribution in [-0.4, -0.2) is 19.7 Å². The van der Waals surface area contributed by atoms with Crippen LogP contribution in [0.4, 0.5) is 0 Å². The van der Waals surface area contributed by atoms with E-state index in [1.165, 1.54) is 0 Å². The molecule has 2 aromatic rings. The van der Waals surface area contributed by atoms with Gasteiger partial charge in [0.25, 0.3) is 0 Å². The Morgan fingerprint density at radius 3 is 2.93 bits per heavy atom. The molecule has 2 aromatic heterocycles. The van der Waals surface area contributed by atoms with Gasteiger partial charge in [0.1, 0.15) is 6.33 Å². The highest BCUT2D eigenvalue weighted by atomic mass is 35.5. The first kappa shape index (κ1) is 9.15. The van der Waals surface area contributed by atoms with Gasteiger partial charge in [0.05, 0.1) is 0 Å². The Morgan fingerprint density at radius 2 is 2.29 bits per heavy atom. The number of halogens is 1. The molecule has 0 aliphatic rings. The molecule has 0 atom stereocenters. The molecule has 0 amide bonds. The van der Waals surface area contributed by atoms with E-state index < -0.39 is 0 Å². The number of aryl methyl sites for hydroxylation is 1. The van der Waals surface area contributed by atoms with Crippen LogP contribution in [0.3, 0.4) is 0 Å². The van der Waals surface area contributed by atoms with Crippen molar-refractivity contribution in [1.82, 2.24) is 19.7 Å². The molecule has 2 rings (SSSR count). The van der Waals surface area contributed by atoms with Crippen LogP contribution in [0, 0.1) is 0 Å². The van der Waals surface area contributed by atoms with E-state index in [0.717, 1.165) is 17.8 Å². The zero-order valence-corrected chi connectivity index (χ0v) is 8.44. The zero-order chi connectivity index (χ0) is 9.97. The van der Waals surface area contributed by atoms with E-state index in [-0.39, 0.29) is 0 Å². The molecular formula is C9H9ClN4. The van der Waals surface area contributed by atoms with Crippen molar-refractivity contribution in [2.75, 3.05) is 0 Å². The third-order valence-corrected chi connectivity index (χ3v) is 2.14. The van der Waals surface area contributed by atoms with Gasteiger partial charge in [0.2, 0.25) is 0 Å². The fourth-order valence-electron chi connectivity index (χ4n) is 1.26. The van der Waals surface area contributed by atoms with Gasteiger partial charge in [-0.3, -0.25) is 4.57 Å². The predicted octanol–water partition coefficient (Wildman–Crippen LogP) is 1.88. The van der Waals surface area contributed by atoms with E-state index in [2.05, 4.69) is 15.2 Å². The van der Waals surface area contributed by atoms with Crippen molar-refractivity contribution in [2.45, 2.75) is 13.3 Å². The predicted molar refractivity (Wildman–Crippen MR) is 53.5 cm³/mol. The normalized spacial score (nSPS) is 10.4. The molecule has 72 valence electrons. The molecule has 0 aromatic carbocycles. The van der Waals surface area contributed by atoms with Crippen molar-refractivity contribution in [3.63, 3.8) is 0 Å². The Bertz CT molecular complexity index is 424. The summed E-state index contributed by atoms with van der Waals surface area (Å²) >= 11 is 5.76. The van der Waals surface area contributed by atoms with Crippen molar-refractivity contribution in [1.29, 1.82) is 0 Å². The monoisotopic (exact) mass is 208 g/mol. The average molecular weight is 209 g/mol. The summed E-state index contributed by atoms with van der Waals surface area (Å²) in [6.07, 6.45) is 6.09. The number of hydrogen-bond donors (Lipinski definition) is 0. The lowest BCUT2D eigenvalue weighted by Gasteiger charge is -2.05. The summed E-state index contributed by atoms with van der Waals surface area (Å²) in [7, 11) is 0. The van der Waals surface area contributed by atoms with Crippen LogP contribution in [0.25, 0.3) is 5.82 Å². The van der Waals surface area contributed by atoms with Crippen molar-refractivity contribution in [3.8, 4) is 5.82 Å². The fraction of sp³-hybridized carbons (Fsp3) is 0.222. The lowest BCUT2D eigenvalue weighted by molar-refractivity contribution is 0.878. The minimum atomic E-state index is 0.422. The molecule has 0 fully saturated rings. The van der Waals surface area contributed by atoms with Crippen LogP contribution < -0.4 is 0 Å². The average Bonchev–Trinajstić information content (AvgIpc) is 2.70. The molecule has 0 unspecified atom stereocenters. The summed E-state index contributed by atoms with van der Waals surface area (Å²) in [6.45, 7) is 2.05. The van der Waals surface area contributed by atoms with E-state index in [0.29, 0.717) is 5.15 Å². The lowest BCUT2D eigenvalue weighted by Crippen LogP contribution is -2.02. The third kappa shape index (κ3) is 1.61. The standard InChI is InChI=1S/C9H9ClN4/c1-2-7-5-8(10)12-13-9(7)14-4-3-11-6-14/h3-6H,2H2,1H3. The largest absolute Gasteiger partial charge is 0.289 e. The Hall–Kier alpha value is -1.42. The molecule has 0 aliphatic heterocycles. The maximum absolute atomic E-state index is 5.76. The van der Waals surface area contributed by atoms with E-state index >= 15 is 0 Å². The van der Waals surface area contributed by atoms with E-state index in [4.69, 9.17) is 11.6 Å². The summed E-state index contributed by atoms with van der Waals surface area (Å²) in [4.78, 5) is 3.96. The molecular weight excluding hydrogens is 200 g/mol. The highest BCUT2D eigenvalue weighted by molar-refractivity contribution is 6.29. The number of imidazole rings is 1. The Morgan fingerprint density at radius 1 is 1.43 bits per heavy atom. The quantitative estimate of drug-likeness (QED) is 0.757. The molecule has 0 spiro atoms. The Labute approximate surface area is 86.6 Å². The van der Waals surface area contributed by atoms with Gasteiger partial charge in [-0.2, -0.15) is 0 Å². The molecule has 0 bridgehead atoms. The second kappa shape index (κ2) is 3.75. The molecule has 0 saturated carbocycles. The topological polar surface area (TPSA) is 43.6 Å². The minimum absolute atomic E-state index is 0.422. The van der Waals surface area contributed by atoms with Crippen molar-refractivity contribution >= 4 is 11.6 Å². The van der Waals surface area contributed by atoms with Gasteiger partial charge in [-0.15, -0.1) is 10.2 Å². The molecule has 0 N–H and O–H groups in total. The number of aromatic nitrogens is 4. The molecule has 14 heavy (non-hydrogen) atoms. The molecule has 0 radical (unpaired) electrons. The molecule has 2 heterocycles. The first-order chi connectivity index (χ1) is 6.81. The van der Waals surface area contributed by atoms with Gasteiger partial charge in [-0.05, 0) is 12.5 Å². The number of rotatable bonds is 2. The van der Waals surface area contributed by atoms with Gasteiger partial charge in [0, 0.05) is 18.0 Å². The summed E-state index contributed by atoms with van der Waals surface area (Å²) in [6, 6.07) is 1.82. The second-order valence-corrected chi connectivity index (χ2v) is 3.23. The van der Waals surface area contributed by atoms with Gasteiger partial charge in [-0.25, -0.2) is 4.98 Å². The van der Waals surface area contributed by atoms with Crippen LogP contribution in [0.2, 0.25) is 5.15 Å². The first-order valence-electron chi connectivity index (χ1n) is 4.31.